The van der Waals surface area contributed by atoms with Gasteiger partial charge < -0.3 is 9.80 Å². The molecule has 1 aliphatic carbocycles. The van der Waals surface area contributed by atoms with Gasteiger partial charge in [0.2, 0.25) is 0 Å². The van der Waals surface area contributed by atoms with Crippen molar-refractivity contribution in [2.45, 2.75) is 33.1 Å². The Hall–Kier alpha value is -6.64. The second kappa shape index (κ2) is 15.0. The molecule has 55 heavy (non-hydrogen) atoms. The fourth-order valence-electron chi connectivity index (χ4n) is 8.17. The minimum atomic E-state index is 0.902. The largest absolute Gasteiger partial charge is 0.311 e. The van der Waals surface area contributed by atoms with Gasteiger partial charge in [-0.05, 0) is 162 Å². The molecule has 0 heterocycles. The molecule has 0 radical (unpaired) electrons. The molecule has 0 aliphatic heterocycles. The summed E-state index contributed by atoms with van der Waals surface area (Å²) in [5.74, 6) is 0. The summed E-state index contributed by atoms with van der Waals surface area (Å²) in [6, 6.07) is 70.4. The molecule has 0 unspecified atom stereocenters. The van der Waals surface area contributed by atoms with Crippen LogP contribution < -0.4 is 9.80 Å². The van der Waals surface area contributed by atoms with Crippen molar-refractivity contribution in [1.82, 2.24) is 0 Å². The fraction of sp³-hybridized carbons (Fsp3) is 0.0943. The molecule has 8 aromatic rings. The third-order valence-corrected chi connectivity index (χ3v) is 11.0. The monoisotopic (exact) mass is 708 g/mol. The van der Waals surface area contributed by atoms with Crippen molar-refractivity contribution >= 4 is 34.1 Å². The minimum Gasteiger partial charge on any atom is -0.311 e. The first kappa shape index (κ1) is 34.1. The van der Waals surface area contributed by atoms with E-state index in [2.05, 4.69) is 218 Å². The summed E-state index contributed by atoms with van der Waals surface area (Å²) in [6.45, 7) is 4.55. The van der Waals surface area contributed by atoms with Crippen LogP contribution in [-0.2, 0) is 19.3 Å². The molecule has 0 atom stereocenters. The third-order valence-electron chi connectivity index (χ3n) is 11.0. The molecule has 0 amide bonds. The zero-order valence-electron chi connectivity index (χ0n) is 31.5. The van der Waals surface area contributed by atoms with E-state index >= 15 is 0 Å². The maximum atomic E-state index is 2.47. The average molecular weight is 709 g/mol. The highest BCUT2D eigenvalue weighted by Gasteiger charge is 2.22. The van der Waals surface area contributed by atoms with Gasteiger partial charge in [-0.1, -0.05) is 121 Å². The number of aryl methyl sites for hydroxylation is 2. The van der Waals surface area contributed by atoms with E-state index < -0.39 is 0 Å². The Morgan fingerprint density at radius 3 is 0.945 bits per heavy atom. The van der Waals surface area contributed by atoms with E-state index in [-0.39, 0.29) is 0 Å². The first-order chi connectivity index (χ1) is 27.1. The molecule has 0 saturated carbocycles. The van der Waals surface area contributed by atoms with Crippen molar-refractivity contribution in [3.05, 3.63) is 239 Å². The second-order valence-corrected chi connectivity index (χ2v) is 14.7. The highest BCUT2D eigenvalue weighted by molar-refractivity contribution is 5.80. The Morgan fingerprint density at radius 2 is 0.636 bits per heavy atom. The standard InChI is InChI=1S/C53H44N2/c1-38-31-44-35-45-32-39(2)43(34-41-25-29-51(30-26-41)55(48-19-11-5-12-20-48)49-21-13-6-14-22-49)37-53(45)52(44)36-42(38)33-40-23-27-50(28-24-40)54(46-15-7-3-8-16-46)47-17-9-4-10-18-47/h3-32,36-37H,33-35H2,1-2H3. The molecule has 0 bridgehead atoms. The van der Waals surface area contributed by atoms with E-state index in [1.54, 1.807) is 0 Å². The lowest BCUT2D eigenvalue weighted by atomic mass is 9.92. The Morgan fingerprint density at radius 1 is 0.345 bits per heavy atom. The number of hydrogen-bond acceptors (Lipinski definition) is 2. The summed E-state index contributed by atoms with van der Waals surface area (Å²) in [5, 5.41) is 0. The van der Waals surface area contributed by atoms with Crippen LogP contribution in [-0.4, -0.2) is 0 Å². The van der Waals surface area contributed by atoms with Crippen LogP contribution in [0, 0.1) is 13.8 Å². The van der Waals surface area contributed by atoms with Gasteiger partial charge in [0.05, 0.1) is 0 Å². The Kier molecular flexibility index (Phi) is 9.32. The molecule has 2 nitrogen and oxygen atoms in total. The molecule has 8 aromatic carbocycles. The molecule has 2 heteroatoms. The van der Waals surface area contributed by atoms with E-state index in [4.69, 9.17) is 0 Å². The van der Waals surface area contributed by atoms with Gasteiger partial charge >= 0.3 is 0 Å². The van der Waals surface area contributed by atoms with Crippen LogP contribution in [0.25, 0.3) is 11.1 Å². The zero-order chi connectivity index (χ0) is 37.1. The van der Waals surface area contributed by atoms with Crippen molar-refractivity contribution in [3.8, 4) is 11.1 Å². The maximum Gasteiger partial charge on any atom is 0.0461 e. The first-order valence-corrected chi connectivity index (χ1v) is 19.3. The van der Waals surface area contributed by atoms with E-state index in [1.807, 2.05) is 0 Å². The van der Waals surface area contributed by atoms with Crippen molar-refractivity contribution < 1.29 is 0 Å². The molecule has 1 aliphatic rings. The summed E-state index contributed by atoms with van der Waals surface area (Å²) < 4.78 is 0. The third kappa shape index (κ3) is 7.07. The Bertz CT molecular complexity index is 2280. The van der Waals surface area contributed by atoms with Crippen LogP contribution >= 0.6 is 0 Å². The lowest BCUT2D eigenvalue weighted by molar-refractivity contribution is 1.13. The van der Waals surface area contributed by atoms with Crippen LogP contribution in [0.1, 0.15) is 44.5 Å². The summed E-state index contributed by atoms with van der Waals surface area (Å²) in [7, 11) is 0. The minimum absolute atomic E-state index is 0.902. The van der Waals surface area contributed by atoms with Gasteiger partial charge in [0.25, 0.3) is 0 Å². The summed E-state index contributed by atoms with van der Waals surface area (Å²) in [4.78, 5) is 4.64. The lowest BCUT2D eigenvalue weighted by Crippen LogP contribution is -2.09. The molecule has 9 rings (SSSR count). The number of anilines is 6. The van der Waals surface area contributed by atoms with Gasteiger partial charge in [-0.15, -0.1) is 0 Å². The maximum absolute atomic E-state index is 2.47. The number of fused-ring (bicyclic) bond motifs is 3. The Balaban J connectivity index is 0.963. The van der Waals surface area contributed by atoms with Crippen LogP contribution in [0.15, 0.2) is 194 Å². The van der Waals surface area contributed by atoms with Gasteiger partial charge in [0, 0.05) is 34.1 Å². The number of benzene rings is 8. The van der Waals surface area contributed by atoms with Crippen LogP contribution in [0.4, 0.5) is 34.1 Å². The normalized spacial score (nSPS) is 11.5. The zero-order valence-corrected chi connectivity index (χ0v) is 31.5. The number of rotatable bonds is 10. The van der Waals surface area contributed by atoms with Crippen molar-refractivity contribution in [2.75, 3.05) is 9.80 Å². The van der Waals surface area contributed by atoms with Crippen LogP contribution in [0.3, 0.4) is 0 Å². The van der Waals surface area contributed by atoms with Gasteiger partial charge in [-0.25, -0.2) is 0 Å². The topological polar surface area (TPSA) is 6.48 Å². The SMILES string of the molecule is Cc1cc2c(cc1Cc1ccc(N(c3ccccc3)c3ccccc3)cc1)-c1cc(Cc3ccc(N(c4ccccc4)c4ccccc4)cc3)c(C)cc1C2. The molecule has 0 saturated heterocycles. The van der Waals surface area contributed by atoms with E-state index in [0.717, 1.165) is 53.4 Å². The van der Waals surface area contributed by atoms with Gasteiger partial charge in [-0.2, -0.15) is 0 Å². The van der Waals surface area contributed by atoms with Gasteiger partial charge in [-0.3, -0.25) is 0 Å². The van der Waals surface area contributed by atoms with Crippen LogP contribution in [0.2, 0.25) is 0 Å². The van der Waals surface area contributed by atoms with Crippen LogP contribution in [0.5, 0.6) is 0 Å². The van der Waals surface area contributed by atoms with Gasteiger partial charge in [0.15, 0.2) is 0 Å². The molecule has 0 spiro atoms. The first-order valence-electron chi connectivity index (χ1n) is 19.3. The van der Waals surface area contributed by atoms with Crippen molar-refractivity contribution in [1.29, 1.82) is 0 Å². The van der Waals surface area contributed by atoms with Gasteiger partial charge in [0.1, 0.15) is 0 Å². The number of nitrogens with zero attached hydrogens (tertiary/aromatic N) is 2. The summed E-state index contributed by atoms with van der Waals surface area (Å²) >= 11 is 0. The molecule has 0 N–H and O–H groups in total. The average Bonchev–Trinajstić information content (AvgIpc) is 3.56. The smallest absolute Gasteiger partial charge is 0.0461 e. The lowest BCUT2D eigenvalue weighted by Gasteiger charge is -2.25. The quantitative estimate of drug-likeness (QED) is 0.140. The summed E-state index contributed by atoms with van der Waals surface area (Å²) in [6.07, 6.45) is 2.80. The van der Waals surface area contributed by atoms with Crippen molar-refractivity contribution in [2.24, 2.45) is 0 Å². The second-order valence-electron chi connectivity index (χ2n) is 14.7. The number of para-hydroxylation sites is 4. The van der Waals surface area contributed by atoms with E-state index in [1.165, 1.54) is 55.6 Å². The highest BCUT2D eigenvalue weighted by Crippen LogP contribution is 2.41. The summed E-state index contributed by atoms with van der Waals surface area (Å²) in [5.41, 5.74) is 20.7. The molecular formula is C53H44N2. The van der Waals surface area contributed by atoms with E-state index in [9.17, 15) is 0 Å². The molecular weight excluding hydrogens is 665 g/mol. The highest BCUT2D eigenvalue weighted by atomic mass is 15.1. The van der Waals surface area contributed by atoms with Crippen molar-refractivity contribution in [3.63, 3.8) is 0 Å². The molecule has 266 valence electrons. The molecule has 0 fully saturated rings. The fourth-order valence-corrected chi connectivity index (χ4v) is 8.17. The van der Waals surface area contributed by atoms with E-state index in [0.29, 0.717) is 0 Å². The predicted octanol–water partition coefficient (Wildman–Crippen LogP) is 14.0. The predicted molar refractivity (Wildman–Crippen MR) is 232 cm³/mol. The Labute approximate surface area is 325 Å². The molecule has 0 aromatic heterocycles. The number of hydrogen-bond donors (Lipinski definition) is 0.